The van der Waals surface area contributed by atoms with Crippen molar-refractivity contribution in [2.24, 2.45) is 23.7 Å². The van der Waals surface area contributed by atoms with E-state index in [4.69, 9.17) is 0 Å². The van der Waals surface area contributed by atoms with E-state index in [1.165, 1.54) is 19.3 Å². The molecule has 0 aromatic carbocycles. The number of hydrogen-bond acceptors (Lipinski definition) is 0. The quantitative estimate of drug-likeness (QED) is 0.377. The molecule has 3 aliphatic carbocycles. The molecule has 4 atom stereocenters. The Morgan fingerprint density at radius 3 is 2.00 bits per heavy atom. The predicted molar refractivity (Wildman–Crippen MR) is 46.5 cm³/mol. The molecule has 0 amide bonds. The fraction of sp³-hybridized carbons (Fsp3) is 0.800. The van der Waals surface area contributed by atoms with Crippen LogP contribution in [0.15, 0.2) is 12.2 Å². The predicted octanol–water partition coefficient (Wildman–Crippen LogP) is 2.18. The zero-order chi connectivity index (χ0) is 7.42. The molecule has 0 aromatic heterocycles. The molecule has 1 heteroatoms. The van der Waals surface area contributed by atoms with Crippen molar-refractivity contribution in [3.05, 3.63) is 12.2 Å². The molecular formula is C10H13Si. The molecule has 0 aromatic rings. The molecule has 57 valence electrons. The zero-order valence-electron chi connectivity index (χ0n) is 6.66. The van der Waals surface area contributed by atoms with Gasteiger partial charge in [0, 0.05) is 10.2 Å². The highest BCUT2D eigenvalue weighted by Gasteiger charge is 2.48. The number of allylic oxidation sites excluding steroid dienone is 2. The van der Waals surface area contributed by atoms with Crippen molar-refractivity contribution in [1.82, 2.24) is 0 Å². The molecule has 0 spiro atoms. The average Bonchev–Trinajstić information content (AvgIpc) is 2.53. The summed E-state index contributed by atoms with van der Waals surface area (Å²) in [5, 5.41) is 0. The second-order valence-electron chi connectivity index (χ2n) is 4.44. The van der Waals surface area contributed by atoms with Crippen molar-refractivity contribution in [3.8, 4) is 0 Å². The summed E-state index contributed by atoms with van der Waals surface area (Å²) in [5.41, 5.74) is 0.829. The van der Waals surface area contributed by atoms with E-state index in [2.05, 4.69) is 22.4 Å². The monoisotopic (exact) mass is 161 g/mol. The minimum Gasteiger partial charge on any atom is -0.0848 e. The molecule has 0 aliphatic heterocycles. The second kappa shape index (κ2) is 2.01. The van der Waals surface area contributed by atoms with Crippen molar-refractivity contribution in [3.63, 3.8) is 0 Å². The van der Waals surface area contributed by atoms with Gasteiger partial charge < -0.3 is 0 Å². The van der Waals surface area contributed by atoms with Gasteiger partial charge in [-0.15, -0.1) is 0 Å². The standard InChI is InChI=1S/C10H13Si/c11-8-4-9-6-1-2-7(3-6)10(9)5-8/h1-2,6-10H,3-5H2. The van der Waals surface area contributed by atoms with Crippen LogP contribution in [0.25, 0.3) is 0 Å². The SMILES string of the molecule is [Si]C1CC2C3C=CC(C3)C2C1. The highest BCUT2D eigenvalue weighted by Crippen LogP contribution is 2.57. The van der Waals surface area contributed by atoms with E-state index in [9.17, 15) is 0 Å². The van der Waals surface area contributed by atoms with Crippen LogP contribution in [0.5, 0.6) is 0 Å². The van der Waals surface area contributed by atoms with Gasteiger partial charge >= 0.3 is 0 Å². The van der Waals surface area contributed by atoms with Gasteiger partial charge in [0.2, 0.25) is 0 Å². The molecule has 3 rings (SSSR count). The molecule has 2 fully saturated rings. The van der Waals surface area contributed by atoms with Crippen LogP contribution >= 0.6 is 0 Å². The molecule has 0 saturated heterocycles. The Labute approximate surface area is 71.5 Å². The van der Waals surface area contributed by atoms with Gasteiger partial charge in [0.05, 0.1) is 0 Å². The van der Waals surface area contributed by atoms with Crippen LogP contribution in [0, 0.1) is 23.7 Å². The first-order valence-corrected chi connectivity index (χ1v) is 5.32. The van der Waals surface area contributed by atoms with Crippen molar-refractivity contribution in [2.75, 3.05) is 0 Å². The van der Waals surface area contributed by atoms with Gasteiger partial charge in [0.1, 0.15) is 0 Å². The maximum Gasteiger partial charge on any atom is 0.0266 e. The van der Waals surface area contributed by atoms with Gasteiger partial charge in [-0.3, -0.25) is 0 Å². The van der Waals surface area contributed by atoms with Crippen LogP contribution in [0.4, 0.5) is 0 Å². The normalized spacial score (nSPS) is 58.8. The first-order chi connectivity index (χ1) is 5.34. The zero-order valence-corrected chi connectivity index (χ0v) is 7.66. The lowest BCUT2D eigenvalue weighted by atomic mass is 9.86. The maximum atomic E-state index is 3.80. The van der Waals surface area contributed by atoms with E-state index in [0.717, 1.165) is 29.2 Å². The van der Waals surface area contributed by atoms with Gasteiger partial charge in [0.15, 0.2) is 0 Å². The summed E-state index contributed by atoms with van der Waals surface area (Å²) < 4.78 is 0. The summed E-state index contributed by atoms with van der Waals surface area (Å²) in [4.78, 5) is 0. The molecule has 2 saturated carbocycles. The molecule has 4 unspecified atom stereocenters. The molecule has 0 nitrogen and oxygen atoms in total. The smallest absolute Gasteiger partial charge is 0.0266 e. The van der Waals surface area contributed by atoms with Crippen LogP contribution in [0.1, 0.15) is 19.3 Å². The maximum absolute atomic E-state index is 3.80. The van der Waals surface area contributed by atoms with Crippen LogP contribution in [-0.2, 0) is 0 Å². The van der Waals surface area contributed by atoms with E-state index >= 15 is 0 Å². The van der Waals surface area contributed by atoms with Crippen LogP contribution < -0.4 is 0 Å². The molecule has 2 bridgehead atoms. The van der Waals surface area contributed by atoms with Crippen molar-refractivity contribution >= 4 is 10.2 Å². The first kappa shape index (κ1) is 6.47. The summed E-state index contributed by atoms with van der Waals surface area (Å²) in [6, 6.07) is 0. The third kappa shape index (κ3) is 0.752. The Balaban J connectivity index is 1.92. The highest BCUT2D eigenvalue weighted by atomic mass is 28.1. The lowest BCUT2D eigenvalue weighted by Crippen LogP contribution is -2.12. The summed E-state index contributed by atoms with van der Waals surface area (Å²) in [5.74, 6) is 4.03. The van der Waals surface area contributed by atoms with Crippen LogP contribution in [0.3, 0.4) is 0 Å². The first-order valence-electron chi connectivity index (χ1n) is 4.74. The van der Waals surface area contributed by atoms with E-state index in [-0.39, 0.29) is 0 Å². The fourth-order valence-corrected chi connectivity index (χ4v) is 4.02. The lowest BCUT2D eigenvalue weighted by molar-refractivity contribution is 0.364. The van der Waals surface area contributed by atoms with E-state index < -0.39 is 0 Å². The molecule has 0 heterocycles. The topological polar surface area (TPSA) is 0 Å². The van der Waals surface area contributed by atoms with Gasteiger partial charge in [-0.25, -0.2) is 0 Å². The van der Waals surface area contributed by atoms with E-state index in [1.807, 2.05) is 0 Å². The Kier molecular flexibility index (Phi) is 1.18. The molecule has 3 radical (unpaired) electrons. The van der Waals surface area contributed by atoms with E-state index in [1.54, 1.807) is 0 Å². The Hall–Kier alpha value is -0.0431. The van der Waals surface area contributed by atoms with Gasteiger partial charge in [-0.2, -0.15) is 0 Å². The van der Waals surface area contributed by atoms with Crippen molar-refractivity contribution in [2.45, 2.75) is 24.8 Å². The average molecular weight is 161 g/mol. The Morgan fingerprint density at radius 1 is 0.909 bits per heavy atom. The largest absolute Gasteiger partial charge is 0.0848 e. The Bertz CT molecular complexity index is 189. The summed E-state index contributed by atoms with van der Waals surface area (Å²) >= 11 is 0. The minimum atomic E-state index is 0.829. The summed E-state index contributed by atoms with van der Waals surface area (Å²) in [7, 11) is 3.80. The van der Waals surface area contributed by atoms with Gasteiger partial charge in [-0.1, -0.05) is 17.7 Å². The fourth-order valence-electron chi connectivity index (χ4n) is 3.48. The number of rotatable bonds is 0. The number of fused-ring (bicyclic) bond motifs is 5. The minimum absolute atomic E-state index is 0.829. The lowest BCUT2D eigenvalue weighted by Gasteiger charge is -2.19. The van der Waals surface area contributed by atoms with Crippen molar-refractivity contribution < 1.29 is 0 Å². The molecular weight excluding hydrogens is 148 g/mol. The van der Waals surface area contributed by atoms with Gasteiger partial charge in [0.25, 0.3) is 0 Å². The van der Waals surface area contributed by atoms with Crippen LogP contribution in [0.2, 0.25) is 5.54 Å². The molecule has 11 heavy (non-hydrogen) atoms. The van der Waals surface area contributed by atoms with Gasteiger partial charge in [-0.05, 0) is 42.9 Å². The number of hydrogen-bond donors (Lipinski definition) is 0. The second-order valence-corrected chi connectivity index (χ2v) is 5.26. The Morgan fingerprint density at radius 2 is 1.45 bits per heavy atom. The summed E-state index contributed by atoms with van der Waals surface area (Å²) in [6.07, 6.45) is 9.29. The third-order valence-corrected chi connectivity index (χ3v) is 4.38. The summed E-state index contributed by atoms with van der Waals surface area (Å²) in [6.45, 7) is 0. The highest BCUT2D eigenvalue weighted by molar-refractivity contribution is 6.11. The van der Waals surface area contributed by atoms with E-state index in [0.29, 0.717) is 0 Å². The van der Waals surface area contributed by atoms with Crippen LogP contribution in [-0.4, -0.2) is 10.2 Å². The third-order valence-electron chi connectivity index (χ3n) is 3.91. The molecule has 3 aliphatic rings. The van der Waals surface area contributed by atoms with Crippen molar-refractivity contribution in [1.29, 1.82) is 0 Å². The molecule has 0 N–H and O–H groups in total.